The number of hydrogen-bond donors (Lipinski definition) is 3. The summed E-state index contributed by atoms with van der Waals surface area (Å²) in [5, 5.41) is 11.2. The normalized spacial score (nSPS) is 18.6. The van der Waals surface area contributed by atoms with Gasteiger partial charge in [-0.1, -0.05) is 11.6 Å². The molecule has 288 valence electrons. The van der Waals surface area contributed by atoms with Gasteiger partial charge in [0.1, 0.15) is 22.8 Å². The van der Waals surface area contributed by atoms with E-state index in [0.717, 1.165) is 24.9 Å². The number of anilines is 3. The van der Waals surface area contributed by atoms with Crippen molar-refractivity contribution < 1.29 is 32.3 Å². The Morgan fingerprint density at radius 1 is 0.868 bits per heavy atom. The first kappa shape index (κ1) is 38.2. The van der Waals surface area contributed by atoms with Gasteiger partial charge in [0, 0.05) is 49.9 Å². The smallest absolute Gasteiger partial charge is 0.407 e. The van der Waals surface area contributed by atoms with E-state index in [1.165, 1.54) is 18.2 Å². The number of aromatic nitrogens is 3. The van der Waals surface area contributed by atoms with Crippen molar-refractivity contribution in [3.63, 3.8) is 0 Å². The Morgan fingerprint density at radius 2 is 1.47 bits per heavy atom. The van der Waals surface area contributed by atoms with Gasteiger partial charge in [-0.05, 0) is 79.0 Å². The van der Waals surface area contributed by atoms with Gasteiger partial charge in [0.15, 0.2) is 5.65 Å². The number of halogens is 1. The van der Waals surface area contributed by atoms with Crippen LogP contribution in [0.5, 0.6) is 0 Å². The summed E-state index contributed by atoms with van der Waals surface area (Å²) in [6.07, 6.45) is 2.35. The van der Waals surface area contributed by atoms with E-state index in [2.05, 4.69) is 25.2 Å². The lowest BCUT2D eigenvalue weighted by molar-refractivity contribution is 0.0484. The molecule has 5 heterocycles. The molecule has 53 heavy (non-hydrogen) atoms. The van der Waals surface area contributed by atoms with Gasteiger partial charge in [0.25, 0.3) is 5.91 Å². The summed E-state index contributed by atoms with van der Waals surface area (Å²) in [7, 11) is -3.67. The second-order valence-electron chi connectivity index (χ2n) is 15.9. The van der Waals surface area contributed by atoms with Crippen LogP contribution in [0.1, 0.15) is 82.9 Å². The molecule has 0 aliphatic carbocycles. The number of piperidine rings is 1. The number of nitrogens with one attached hydrogen (secondary N) is 3. The van der Waals surface area contributed by atoms with E-state index in [-0.39, 0.29) is 29.2 Å². The summed E-state index contributed by atoms with van der Waals surface area (Å²) in [5.74, 6) is 1.08. The lowest BCUT2D eigenvalue weighted by Gasteiger charge is -2.43. The van der Waals surface area contributed by atoms with Crippen LogP contribution in [0, 0.1) is 0 Å². The Balaban J connectivity index is 1.28. The van der Waals surface area contributed by atoms with E-state index in [1.807, 2.05) is 53.7 Å². The Bertz CT molecular complexity index is 2000. The number of rotatable bonds is 8. The van der Waals surface area contributed by atoms with E-state index >= 15 is 0 Å². The molecule has 3 N–H and O–H groups in total. The van der Waals surface area contributed by atoms with Crippen molar-refractivity contribution in [2.45, 2.75) is 90.1 Å². The Labute approximate surface area is 314 Å². The van der Waals surface area contributed by atoms with Crippen LogP contribution in [0.4, 0.5) is 26.9 Å². The zero-order valence-electron chi connectivity index (χ0n) is 31.1. The largest absolute Gasteiger partial charge is 0.444 e. The highest BCUT2D eigenvalue weighted by molar-refractivity contribution is 7.92. The molecular weight excluding hydrogens is 726 g/mol. The number of carbonyl (C=O) groups is 3. The fourth-order valence-corrected chi connectivity index (χ4v) is 7.34. The van der Waals surface area contributed by atoms with Crippen LogP contribution < -0.4 is 25.2 Å². The summed E-state index contributed by atoms with van der Waals surface area (Å²) < 4.78 is 39.3. The average molecular weight is 774 g/mol. The van der Waals surface area contributed by atoms with E-state index in [1.54, 1.807) is 9.42 Å². The molecule has 0 bridgehead atoms. The molecule has 3 fully saturated rings. The molecule has 2 aromatic heterocycles. The van der Waals surface area contributed by atoms with Gasteiger partial charge < -0.3 is 34.8 Å². The number of likely N-dealkylation sites (tertiary alicyclic amines) is 1. The maximum atomic E-state index is 14.2. The molecule has 6 rings (SSSR count). The summed E-state index contributed by atoms with van der Waals surface area (Å²) in [6.45, 7) is 13.4. The standard InChI is InChI=1S/C35H48ClN9O7S/c1-34(2,3)51-32(47)37-22-17-42(18-22)28-16-30(43-19-23(20-43)38-33(48)52-35(4,5)6)45-29(39-28)15-26(40-45)27-10-8-9-13-44(27)31(46)24-14-21(36)11-12-25(24)41-53(7,49)50/h11-12,14-16,22-23,27,41H,8-10,13,17-20H2,1-7H3,(H,37,47)(H,38,48)/t27-/m0/s1. The molecule has 0 radical (unpaired) electrons. The van der Waals surface area contributed by atoms with Gasteiger partial charge in [0.2, 0.25) is 10.0 Å². The minimum atomic E-state index is -3.67. The van der Waals surface area contributed by atoms with Crippen LogP contribution in [0.15, 0.2) is 30.3 Å². The van der Waals surface area contributed by atoms with Crippen LogP contribution in [-0.4, -0.2) is 108 Å². The fourth-order valence-electron chi connectivity index (χ4n) is 6.59. The zero-order chi connectivity index (χ0) is 38.5. The minimum absolute atomic E-state index is 0.117. The zero-order valence-corrected chi connectivity index (χ0v) is 32.7. The van der Waals surface area contributed by atoms with Crippen molar-refractivity contribution in [2.75, 3.05) is 53.5 Å². The topological polar surface area (TPSA) is 180 Å². The summed E-state index contributed by atoms with van der Waals surface area (Å²) in [5.41, 5.74) is 0.281. The van der Waals surface area contributed by atoms with Crippen LogP contribution in [-0.2, 0) is 19.5 Å². The van der Waals surface area contributed by atoms with Gasteiger partial charge >= 0.3 is 12.2 Å². The second-order valence-corrected chi connectivity index (χ2v) is 18.1. The predicted octanol–water partition coefficient (Wildman–Crippen LogP) is 4.55. The molecule has 3 aliphatic rings. The third kappa shape index (κ3) is 9.36. The molecule has 3 aromatic rings. The van der Waals surface area contributed by atoms with Crippen molar-refractivity contribution in [3.8, 4) is 0 Å². The predicted molar refractivity (Wildman–Crippen MR) is 201 cm³/mol. The quantitative estimate of drug-likeness (QED) is 0.293. The number of fused-ring (bicyclic) bond motifs is 1. The maximum Gasteiger partial charge on any atom is 0.407 e. The molecule has 0 unspecified atom stereocenters. The van der Waals surface area contributed by atoms with Gasteiger partial charge in [-0.15, -0.1) is 0 Å². The molecule has 0 saturated carbocycles. The first-order valence-corrected chi connectivity index (χ1v) is 20.0. The number of carbonyl (C=O) groups excluding carboxylic acids is 3. The Hall–Kier alpha value is -4.51. The fraction of sp³-hybridized carbons (Fsp3) is 0.571. The van der Waals surface area contributed by atoms with E-state index in [4.69, 9.17) is 31.2 Å². The number of nitrogens with zero attached hydrogens (tertiary/aromatic N) is 6. The van der Waals surface area contributed by atoms with Gasteiger partial charge in [-0.25, -0.2) is 23.0 Å². The van der Waals surface area contributed by atoms with Crippen molar-refractivity contribution in [1.29, 1.82) is 0 Å². The summed E-state index contributed by atoms with van der Waals surface area (Å²) in [6, 6.07) is 7.64. The number of ether oxygens (including phenoxy) is 2. The first-order chi connectivity index (χ1) is 24.7. The molecule has 3 saturated heterocycles. The first-order valence-electron chi connectivity index (χ1n) is 17.7. The third-order valence-corrected chi connectivity index (χ3v) is 9.70. The number of hydrogen-bond acceptors (Lipinski definition) is 11. The van der Waals surface area contributed by atoms with E-state index in [9.17, 15) is 22.8 Å². The third-order valence-electron chi connectivity index (χ3n) is 8.88. The Morgan fingerprint density at radius 3 is 2.06 bits per heavy atom. The number of sulfonamides is 1. The molecule has 3 aliphatic heterocycles. The Kier molecular flexibility index (Phi) is 10.4. The molecule has 1 aromatic carbocycles. The highest BCUT2D eigenvalue weighted by Crippen LogP contribution is 2.36. The molecule has 16 nitrogen and oxygen atoms in total. The lowest BCUT2D eigenvalue weighted by atomic mass is 9.98. The van der Waals surface area contributed by atoms with Gasteiger partial charge in [-0.2, -0.15) is 9.61 Å². The van der Waals surface area contributed by atoms with E-state index in [0.29, 0.717) is 61.3 Å². The van der Waals surface area contributed by atoms with Crippen LogP contribution in [0.25, 0.3) is 5.65 Å². The van der Waals surface area contributed by atoms with Crippen molar-refractivity contribution in [1.82, 2.24) is 30.1 Å². The number of alkyl carbamates (subject to hydrolysis) is 2. The second kappa shape index (κ2) is 14.4. The monoisotopic (exact) mass is 773 g/mol. The highest BCUT2D eigenvalue weighted by Gasteiger charge is 2.37. The number of benzene rings is 1. The number of amides is 3. The van der Waals surface area contributed by atoms with Crippen LogP contribution in [0.3, 0.4) is 0 Å². The molecule has 3 amide bonds. The molecular formula is C35H48ClN9O7S. The van der Waals surface area contributed by atoms with Crippen LogP contribution >= 0.6 is 11.6 Å². The molecule has 18 heteroatoms. The lowest BCUT2D eigenvalue weighted by Crippen LogP contribution is -2.61. The summed E-state index contributed by atoms with van der Waals surface area (Å²) >= 11 is 6.29. The maximum absolute atomic E-state index is 14.2. The van der Waals surface area contributed by atoms with Gasteiger partial charge in [0.05, 0.1) is 41.3 Å². The SMILES string of the molecule is CC(C)(C)OC(=O)NC1CN(c2cc(N3CC(NC(=O)OC(C)(C)C)C3)n3nc([C@@H]4CCCCN4C(=O)c4cc(Cl)ccc4NS(C)(=O)=O)cc3n2)C1. The molecule has 1 atom stereocenters. The van der Waals surface area contributed by atoms with Gasteiger partial charge in [-0.3, -0.25) is 9.52 Å². The van der Waals surface area contributed by atoms with Crippen LogP contribution in [0.2, 0.25) is 5.02 Å². The summed E-state index contributed by atoms with van der Waals surface area (Å²) in [4.78, 5) is 49.8. The van der Waals surface area contributed by atoms with Crippen molar-refractivity contribution in [3.05, 3.63) is 46.6 Å². The van der Waals surface area contributed by atoms with Crippen molar-refractivity contribution in [2.24, 2.45) is 0 Å². The van der Waals surface area contributed by atoms with Crippen molar-refractivity contribution >= 4 is 62.7 Å². The minimum Gasteiger partial charge on any atom is -0.444 e. The molecule has 0 spiro atoms. The average Bonchev–Trinajstić information content (AvgIpc) is 3.42. The highest BCUT2D eigenvalue weighted by atomic mass is 35.5. The van der Waals surface area contributed by atoms with E-state index < -0.39 is 39.5 Å².